The highest BCUT2D eigenvalue weighted by Crippen LogP contribution is 1.99. The smallest absolute Gasteiger partial charge is 0.319 e. The Kier molecular flexibility index (Phi) is 8.71. The molecule has 0 aliphatic rings. The van der Waals surface area contributed by atoms with E-state index in [9.17, 15) is 4.79 Å². The molecule has 4 heteroatoms. The summed E-state index contributed by atoms with van der Waals surface area (Å²) in [6, 6.07) is 0. The van der Waals surface area contributed by atoms with Gasteiger partial charge in [0.05, 0.1) is 13.7 Å². The van der Waals surface area contributed by atoms with E-state index in [2.05, 4.69) is 17.0 Å². The first-order valence-corrected chi connectivity index (χ1v) is 5.32. The topological polar surface area (TPSA) is 38.3 Å². The zero-order chi connectivity index (χ0) is 9.23. The molecule has 72 valence electrons. The number of methoxy groups -OCH3 is 1. The van der Waals surface area contributed by atoms with Crippen LogP contribution in [0.5, 0.6) is 0 Å². The highest BCUT2D eigenvalue weighted by Gasteiger charge is 1.96. The maximum Gasteiger partial charge on any atom is 0.319 e. The predicted molar refractivity (Wildman–Crippen MR) is 52.5 cm³/mol. The first kappa shape index (κ1) is 11.8. The summed E-state index contributed by atoms with van der Waals surface area (Å²) in [7, 11) is 1.40. The van der Waals surface area contributed by atoms with Gasteiger partial charge in [0.15, 0.2) is 0 Å². The van der Waals surface area contributed by atoms with Gasteiger partial charge in [0, 0.05) is 0 Å². The Morgan fingerprint density at radius 3 is 2.92 bits per heavy atom. The lowest BCUT2D eigenvalue weighted by Crippen LogP contribution is -2.25. The van der Waals surface area contributed by atoms with E-state index in [0.29, 0.717) is 6.54 Å². The van der Waals surface area contributed by atoms with Gasteiger partial charge in [0.1, 0.15) is 0 Å². The van der Waals surface area contributed by atoms with Gasteiger partial charge in [0.25, 0.3) is 0 Å². The van der Waals surface area contributed by atoms with E-state index < -0.39 is 0 Å². The van der Waals surface area contributed by atoms with Crippen LogP contribution in [0.3, 0.4) is 0 Å². The van der Waals surface area contributed by atoms with Crippen molar-refractivity contribution in [2.24, 2.45) is 0 Å². The molecule has 0 aliphatic carbocycles. The SMILES string of the molecule is CCSCCCNCC(=O)OC. The van der Waals surface area contributed by atoms with E-state index in [-0.39, 0.29) is 5.97 Å². The number of rotatable bonds is 7. The molecule has 0 atom stereocenters. The summed E-state index contributed by atoms with van der Waals surface area (Å²) in [6.07, 6.45) is 1.11. The summed E-state index contributed by atoms with van der Waals surface area (Å²) in [4.78, 5) is 10.6. The summed E-state index contributed by atoms with van der Waals surface area (Å²) in [5.74, 6) is 2.12. The molecule has 0 fully saturated rings. The molecule has 0 saturated heterocycles. The lowest BCUT2D eigenvalue weighted by molar-refractivity contribution is -0.139. The molecule has 0 aromatic heterocycles. The number of carbonyl (C=O) groups excluding carboxylic acids is 1. The normalized spacial score (nSPS) is 9.83. The van der Waals surface area contributed by atoms with Gasteiger partial charge in [-0.2, -0.15) is 11.8 Å². The van der Waals surface area contributed by atoms with Crippen LogP contribution in [0.4, 0.5) is 0 Å². The molecule has 0 aromatic rings. The Morgan fingerprint density at radius 2 is 2.33 bits per heavy atom. The van der Waals surface area contributed by atoms with Gasteiger partial charge < -0.3 is 10.1 Å². The largest absolute Gasteiger partial charge is 0.468 e. The third-order valence-corrected chi connectivity index (χ3v) is 2.33. The van der Waals surface area contributed by atoms with Gasteiger partial charge in [-0.15, -0.1) is 0 Å². The monoisotopic (exact) mass is 191 g/mol. The van der Waals surface area contributed by atoms with Crippen LogP contribution in [0.2, 0.25) is 0 Å². The van der Waals surface area contributed by atoms with Crippen molar-refractivity contribution in [3.05, 3.63) is 0 Å². The minimum absolute atomic E-state index is 0.196. The summed E-state index contributed by atoms with van der Waals surface area (Å²) in [5.41, 5.74) is 0. The van der Waals surface area contributed by atoms with Crippen LogP contribution in [0, 0.1) is 0 Å². The fraction of sp³-hybridized carbons (Fsp3) is 0.875. The van der Waals surface area contributed by atoms with E-state index in [1.165, 1.54) is 7.11 Å². The van der Waals surface area contributed by atoms with E-state index in [1.807, 2.05) is 11.8 Å². The van der Waals surface area contributed by atoms with Crippen molar-refractivity contribution in [1.29, 1.82) is 0 Å². The van der Waals surface area contributed by atoms with Gasteiger partial charge >= 0.3 is 5.97 Å². The molecule has 0 heterocycles. The van der Waals surface area contributed by atoms with E-state index in [0.717, 1.165) is 24.5 Å². The van der Waals surface area contributed by atoms with Crippen LogP contribution in [0.15, 0.2) is 0 Å². The summed E-state index contributed by atoms with van der Waals surface area (Å²) < 4.78 is 4.47. The molecule has 0 bridgehead atoms. The number of hydrogen-bond acceptors (Lipinski definition) is 4. The van der Waals surface area contributed by atoms with Crippen LogP contribution in [-0.4, -0.2) is 37.7 Å². The molecule has 0 rings (SSSR count). The number of thioether (sulfide) groups is 1. The Morgan fingerprint density at radius 1 is 1.58 bits per heavy atom. The van der Waals surface area contributed by atoms with Crippen LogP contribution in [0.1, 0.15) is 13.3 Å². The second-order valence-electron chi connectivity index (χ2n) is 2.30. The maximum absolute atomic E-state index is 10.6. The first-order valence-electron chi connectivity index (χ1n) is 4.16. The second-order valence-corrected chi connectivity index (χ2v) is 3.70. The van der Waals surface area contributed by atoms with Gasteiger partial charge in [-0.05, 0) is 24.5 Å². The lowest BCUT2D eigenvalue weighted by atomic mass is 10.5. The molecule has 0 amide bonds. The van der Waals surface area contributed by atoms with Gasteiger partial charge in [-0.1, -0.05) is 6.92 Å². The molecule has 0 aromatic carbocycles. The van der Waals surface area contributed by atoms with Crippen molar-refractivity contribution in [1.82, 2.24) is 5.32 Å². The molecule has 0 spiro atoms. The highest BCUT2D eigenvalue weighted by atomic mass is 32.2. The van der Waals surface area contributed by atoms with Crippen LogP contribution in [-0.2, 0) is 9.53 Å². The van der Waals surface area contributed by atoms with Crippen molar-refractivity contribution < 1.29 is 9.53 Å². The third kappa shape index (κ3) is 7.88. The molecule has 12 heavy (non-hydrogen) atoms. The predicted octanol–water partition coefficient (Wildman–Crippen LogP) is 0.892. The van der Waals surface area contributed by atoms with Crippen LogP contribution in [0.25, 0.3) is 0 Å². The molecular formula is C8H17NO2S. The minimum atomic E-state index is -0.196. The fourth-order valence-electron chi connectivity index (χ4n) is 0.706. The number of hydrogen-bond donors (Lipinski definition) is 1. The van der Waals surface area contributed by atoms with E-state index in [1.54, 1.807) is 0 Å². The Bertz CT molecular complexity index is 120. The maximum atomic E-state index is 10.6. The molecule has 1 N–H and O–H groups in total. The van der Waals surface area contributed by atoms with E-state index >= 15 is 0 Å². The van der Waals surface area contributed by atoms with Gasteiger partial charge in [0.2, 0.25) is 0 Å². The molecular weight excluding hydrogens is 174 g/mol. The third-order valence-electron chi connectivity index (χ3n) is 1.34. The fourth-order valence-corrected chi connectivity index (χ4v) is 1.34. The van der Waals surface area contributed by atoms with Crippen molar-refractivity contribution >= 4 is 17.7 Å². The van der Waals surface area contributed by atoms with Crippen molar-refractivity contribution in [2.45, 2.75) is 13.3 Å². The first-order chi connectivity index (χ1) is 5.81. The standard InChI is InChI=1S/C8H17NO2S/c1-3-12-6-4-5-9-7-8(10)11-2/h9H,3-7H2,1-2H3. The number of carbonyl (C=O) groups is 1. The van der Waals surface area contributed by atoms with Crippen molar-refractivity contribution in [2.75, 3.05) is 31.7 Å². The lowest BCUT2D eigenvalue weighted by Gasteiger charge is -2.02. The quantitative estimate of drug-likeness (QED) is 0.479. The number of esters is 1. The molecule has 0 radical (unpaired) electrons. The molecule has 0 saturated carbocycles. The zero-order valence-electron chi connectivity index (χ0n) is 7.76. The molecule has 3 nitrogen and oxygen atoms in total. The summed E-state index contributed by atoms with van der Waals surface area (Å²) in [6.45, 7) is 3.36. The molecule has 0 unspecified atom stereocenters. The highest BCUT2D eigenvalue weighted by molar-refractivity contribution is 7.99. The number of ether oxygens (including phenoxy) is 1. The minimum Gasteiger partial charge on any atom is -0.468 e. The average Bonchev–Trinajstić information content (AvgIpc) is 2.10. The Balaban J connectivity index is 2.95. The van der Waals surface area contributed by atoms with Gasteiger partial charge in [-0.25, -0.2) is 0 Å². The zero-order valence-corrected chi connectivity index (χ0v) is 8.58. The van der Waals surface area contributed by atoms with E-state index in [4.69, 9.17) is 0 Å². The van der Waals surface area contributed by atoms with Crippen LogP contribution >= 0.6 is 11.8 Å². The molecule has 0 aliphatic heterocycles. The summed E-state index contributed by atoms with van der Waals surface area (Å²) in [5, 5.41) is 3.01. The van der Waals surface area contributed by atoms with Crippen LogP contribution < -0.4 is 5.32 Å². The Labute approximate surface area is 78.2 Å². The van der Waals surface area contributed by atoms with Gasteiger partial charge in [-0.3, -0.25) is 4.79 Å². The average molecular weight is 191 g/mol. The number of nitrogens with one attached hydrogen (secondary N) is 1. The second kappa shape index (κ2) is 8.87. The Hall–Kier alpha value is -0.220. The van der Waals surface area contributed by atoms with Crippen molar-refractivity contribution in [3.63, 3.8) is 0 Å². The van der Waals surface area contributed by atoms with Crippen molar-refractivity contribution in [3.8, 4) is 0 Å². The summed E-state index contributed by atoms with van der Waals surface area (Å²) >= 11 is 1.92.